The second-order valence-electron chi connectivity index (χ2n) is 8.79. The van der Waals surface area contributed by atoms with Crippen molar-refractivity contribution in [3.8, 4) is 5.75 Å². The Labute approximate surface area is 214 Å². The minimum absolute atomic E-state index is 0.185. The Bertz CT molecular complexity index is 1480. The van der Waals surface area contributed by atoms with E-state index in [0.29, 0.717) is 21.8 Å². The van der Waals surface area contributed by atoms with Crippen LogP contribution in [0.5, 0.6) is 5.75 Å². The minimum Gasteiger partial charge on any atom is -0.482 e. The van der Waals surface area contributed by atoms with E-state index in [1.807, 2.05) is 25.1 Å². The summed E-state index contributed by atoms with van der Waals surface area (Å²) in [6, 6.07) is 15.5. The molecule has 0 bridgehead atoms. The number of hydroxylamine groups is 2. The summed E-state index contributed by atoms with van der Waals surface area (Å²) >= 11 is 3.49. The molecule has 36 heavy (non-hydrogen) atoms. The van der Waals surface area contributed by atoms with Crippen LogP contribution in [0, 0.1) is 0 Å². The number of carbonyl (C=O) groups is 3. The maximum atomic E-state index is 13.3. The van der Waals surface area contributed by atoms with E-state index in [4.69, 9.17) is 9.57 Å². The lowest BCUT2D eigenvalue weighted by molar-refractivity contribution is -0.177. The van der Waals surface area contributed by atoms with Crippen LogP contribution in [0.4, 0.5) is 0 Å². The molecule has 0 N–H and O–H groups in total. The number of imide groups is 1. The van der Waals surface area contributed by atoms with E-state index < -0.39 is 23.3 Å². The lowest BCUT2D eigenvalue weighted by Gasteiger charge is -2.27. The number of hydrogen-bond donors (Lipinski definition) is 0. The summed E-state index contributed by atoms with van der Waals surface area (Å²) < 4.78 is 8.61. The first-order valence-corrected chi connectivity index (χ1v) is 11.9. The number of halogens is 1. The molecule has 182 valence electrons. The van der Waals surface area contributed by atoms with Gasteiger partial charge < -0.3 is 14.1 Å². The summed E-state index contributed by atoms with van der Waals surface area (Å²) in [7, 11) is 0. The predicted molar refractivity (Wildman–Crippen MR) is 133 cm³/mol. The molecule has 1 atom stereocenters. The van der Waals surface area contributed by atoms with Crippen LogP contribution in [-0.4, -0.2) is 37.4 Å². The summed E-state index contributed by atoms with van der Waals surface area (Å²) in [6.07, 6.45) is 2.80. The average Bonchev–Trinajstić information content (AvgIpc) is 3.40. The quantitative estimate of drug-likeness (QED) is 0.318. The molecule has 4 aromatic rings. The molecule has 0 fully saturated rings. The molecule has 2 amide bonds. The molecule has 0 aliphatic carbocycles. The highest BCUT2D eigenvalue weighted by molar-refractivity contribution is 9.10. The smallest absolute Gasteiger partial charge is 0.358 e. The molecule has 2 aromatic carbocycles. The first-order chi connectivity index (χ1) is 17.2. The third-order valence-corrected chi connectivity index (χ3v) is 6.47. The van der Waals surface area contributed by atoms with Gasteiger partial charge in [-0.15, -0.1) is 0 Å². The minimum atomic E-state index is -1.36. The highest BCUT2D eigenvalue weighted by atomic mass is 79.9. The van der Waals surface area contributed by atoms with E-state index in [1.54, 1.807) is 48.9 Å². The second-order valence-corrected chi connectivity index (χ2v) is 9.70. The Morgan fingerprint density at radius 3 is 2.31 bits per heavy atom. The predicted octanol–water partition coefficient (Wildman–Crippen LogP) is 4.82. The number of amides is 2. The number of aromatic nitrogens is 3. The summed E-state index contributed by atoms with van der Waals surface area (Å²) in [5.41, 5.74) is 0.875. The Kier molecular flexibility index (Phi) is 5.83. The number of carbonyl (C=O) groups excluding carboxylic acids is 3. The molecule has 3 heterocycles. The highest BCUT2D eigenvalue weighted by Crippen LogP contribution is 2.36. The average molecular weight is 549 g/mol. The first kappa shape index (κ1) is 23.7. The van der Waals surface area contributed by atoms with Crippen molar-refractivity contribution in [1.82, 2.24) is 19.6 Å². The van der Waals surface area contributed by atoms with Gasteiger partial charge in [-0.25, -0.2) is 9.78 Å². The van der Waals surface area contributed by atoms with Crippen LogP contribution >= 0.6 is 15.9 Å². The fraction of sp³-hybridized carbons (Fsp3) is 0.192. The van der Waals surface area contributed by atoms with Crippen LogP contribution < -0.4 is 4.74 Å². The molecule has 1 aliphatic rings. The zero-order valence-corrected chi connectivity index (χ0v) is 21.2. The zero-order valence-electron chi connectivity index (χ0n) is 19.6. The van der Waals surface area contributed by atoms with Crippen LogP contribution in [0.25, 0.3) is 11.0 Å². The molecule has 2 aromatic heterocycles. The van der Waals surface area contributed by atoms with Crippen molar-refractivity contribution in [3.05, 3.63) is 88.4 Å². The number of rotatable bonds is 6. The monoisotopic (exact) mass is 548 g/mol. The third kappa shape index (κ3) is 3.93. The van der Waals surface area contributed by atoms with Gasteiger partial charge in [-0.05, 0) is 57.2 Å². The number of imidazole rings is 1. The van der Waals surface area contributed by atoms with E-state index in [2.05, 4.69) is 25.9 Å². The second kappa shape index (κ2) is 8.87. The topological polar surface area (TPSA) is 104 Å². The van der Waals surface area contributed by atoms with Crippen molar-refractivity contribution in [1.29, 1.82) is 0 Å². The number of ether oxygens (including phenoxy) is 1. The SMILES string of the molecule is C[C@@H](Oc1cc(Br)cc2ncn(C(C)(C)C(=O)ON3C(=O)c4ccccc4C3=O)c12)c1ccccn1. The summed E-state index contributed by atoms with van der Waals surface area (Å²) in [5, 5.41) is 0.505. The molecular formula is C26H21BrN4O5. The molecular weight excluding hydrogens is 528 g/mol. The number of hydrogen-bond acceptors (Lipinski definition) is 7. The number of nitrogens with zero attached hydrogens (tertiary/aromatic N) is 4. The van der Waals surface area contributed by atoms with Crippen LogP contribution in [0.3, 0.4) is 0 Å². The van der Waals surface area contributed by atoms with Gasteiger partial charge >= 0.3 is 5.97 Å². The van der Waals surface area contributed by atoms with Gasteiger partial charge in [0.1, 0.15) is 22.9 Å². The van der Waals surface area contributed by atoms with Gasteiger partial charge in [-0.2, -0.15) is 0 Å². The maximum absolute atomic E-state index is 13.3. The van der Waals surface area contributed by atoms with E-state index in [1.165, 1.54) is 18.5 Å². The zero-order chi connectivity index (χ0) is 25.6. The van der Waals surface area contributed by atoms with Gasteiger partial charge in [-0.3, -0.25) is 14.6 Å². The lowest BCUT2D eigenvalue weighted by atomic mass is 10.1. The standard InChI is InChI=1S/C26H21BrN4O5/c1-15(19-10-6-7-11-28-19)35-21-13-16(27)12-20-22(21)30(14-29-20)26(2,3)25(34)36-31-23(32)17-8-4-5-9-18(17)24(31)33/h4-15H,1-3H3/t15-/m1/s1. The normalized spacial score (nSPS) is 14.2. The molecule has 9 nitrogen and oxygen atoms in total. The molecule has 0 unspecified atom stereocenters. The lowest BCUT2D eigenvalue weighted by Crippen LogP contribution is -2.43. The number of benzene rings is 2. The van der Waals surface area contributed by atoms with Crippen LogP contribution in [0.2, 0.25) is 0 Å². The Morgan fingerprint density at radius 2 is 1.67 bits per heavy atom. The third-order valence-electron chi connectivity index (χ3n) is 6.01. The summed E-state index contributed by atoms with van der Waals surface area (Å²) in [4.78, 5) is 52.9. The van der Waals surface area contributed by atoms with Crippen molar-refractivity contribution in [3.63, 3.8) is 0 Å². The molecule has 1 aliphatic heterocycles. The van der Waals surface area contributed by atoms with Crippen molar-refractivity contribution in [2.75, 3.05) is 0 Å². The fourth-order valence-electron chi connectivity index (χ4n) is 4.00. The number of pyridine rings is 1. The van der Waals surface area contributed by atoms with Gasteiger partial charge in [0.2, 0.25) is 0 Å². The molecule has 5 rings (SSSR count). The van der Waals surface area contributed by atoms with E-state index in [0.717, 1.165) is 10.2 Å². The van der Waals surface area contributed by atoms with Gasteiger partial charge in [-0.1, -0.05) is 39.2 Å². The van der Waals surface area contributed by atoms with E-state index in [9.17, 15) is 14.4 Å². The van der Waals surface area contributed by atoms with Gasteiger partial charge in [0.05, 0.1) is 28.7 Å². The molecule has 0 spiro atoms. The molecule has 0 saturated heterocycles. The Balaban J connectivity index is 1.48. The molecule has 0 radical (unpaired) electrons. The molecule has 0 saturated carbocycles. The molecule has 10 heteroatoms. The highest BCUT2D eigenvalue weighted by Gasteiger charge is 2.43. The van der Waals surface area contributed by atoms with Crippen LogP contribution in [0.1, 0.15) is 53.3 Å². The van der Waals surface area contributed by atoms with Crippen molar-refractivity contribution < 1.29 is 24.0 Å². The van der Waals surface area contributed by atoms with E-state index >= 15 is 0 Å². The summed E-state index contributed by atoms with van der Waals surface area (Å²) in [5.74, 6) is -1.72. The van der Waals surface area contributed by atoms with Crippen LogP contribution in [-0.2, 0) is 15.2 Å². The first-order valence-electron chi connectivity index (χ1n) is 11.1. The van der Waals surface area contributed by atoms with Crippen molar-refractivity contribution in [2.24, 2.45) is 0 Å². The summed E-state index contributed by atoms with van der Waals surface area (Å²) in [6.45, 7) is 5.10. The maximum Gasteiger partial charge on any atom is 0.358 e. The van der Waals surface area contributed by atoms with Gasteiger partial charge in [0, 0.05) is 10.7 Å². The van der Waals surface area contributed by atoms with Crippen LogP contribution in [0.15, 0.2) is 71.6 Å². The number of fused-ring (bicyclic) bond motifs is 2. The Morgan fingerprint density at radius 1 is 1.00 bits per heavy atom. The van der Waals surface area contributed by atoms with Gasteiger partial charge in [0.15, 0.2) is 0 Å². The van der Waals surface area contributed by atoms with E-state index in [-0.39, 0.29) is 17.2 Å². The largest absolute Gasteiger partial charge is 0.482 e. The Hall–Kier alpha value is -4.05. The van der Waals surface area contributed by atoms with Gasteiger partial charge in [0.25, 0.3) is 11.8 Å². The fourth-order valence-corrected chi connectivity index (χ4v) is 4.43. The van der Waals surface area contributed by atoms with Crippen molar-refractivity contribution >= 4 is 44.7 Å². The van der Waals surface area contributed by atoms with Crippen molar-refractivity contribution in [2.45, 2.75) is 32.4 Å².